The van der Waals surface area contributed by atoms with Gasteiger partial charge in [-0.2, -0.15) is 0 Å². The SMILES string of the molecule is CC.CNCc1c2ccccc2cc2ccccc12. The van der Waals surface area contributed by atoms with Crippen molar-refractivity contribution in [2.24, 2.45) is 0 Å². The maximum Gasteiger partial charge on any atom is 0.0214 e. The lowest BCUT2D eigenvalue weighted by Gasteiger charge is -2.10. The van der Waals surface area contributed by atoms with Crippen LogP contribution in [-0.2, 0) is 6.54 Å². The molecule has 0 saturated heterocycles. The largest absolute Gasteiger partial charge is 0.316 e. The molecule has 1 N–H and O–H groups in total. The average Bonchev–Trinajstić information content (AvgIpc) is 2.49. The van der Waals surface area contributed by atoms with Gasteiger partial charge in [0.05, 0.1) is 0 Å². The summed E-state index contributed by atoms with van der Waals surface area (Å²) in [7, 11) is 2.00. The zero-order valence-corrected chi connectivity index (χ0v) is 11.9. The fourth-order valence-corrected chi connectivity index (χ4v) is 2.48. The highest BCUT2D eigenvalue weighted by atomic mass is 14.8. The van der Waals surface area contributed by atoms with Crippen LogP contribution in [0.2, 0.25) is 0 Å². The van der Waals surface area contributed by atoms with Crippen molar-refractivity contribution in [3.63, 3.8) is 0 Å². The molecule has 0 heterocycles. The van der Waals surface area contributed by atoms with E-state index in [2.05, 4.69) is 59.9 Å². The van der Waals surface area contributed by atoms with E-state index in [0.717, 1.165) is 6.54 Å². The van der Waals surface area contributed by atoms with Crippen LogP contribution < -0.4 is 5.32 Å². The maximum absolute atomic E-state index is 3.27. The minimum atomic E-state index is 0.905. The van der Waals surface area contributed by atoms with Gasteiger partial charge in [-0.05, 0) is 40.2 Å². The van der Waals surface area contributed by atoms with E-state index >= 15 is 0 Å². The smallest absolute Gasteiger partial charge is 0.0214 e. The van der Waals surface area contributed by atoms with E-state index in [1.807, 2.05) is 20.9 Å². The molecule has 0 aromatic heterocycles. The van der Waals surface area contributed by atoms with Gasteiger partial charge >= 0.3 is 0 Å². The van der Waals surface area contributed by atoms with Crippen LogP contribution in [0.25, 0.3) is 21.5 Å². The highest BCUT2D eigenvalue weighted by molar-refractivity contribution is 6.02. The normalized spacial score (nSPS) is 10.3. The quantitative estimate of drug-likeness (QED) is 0.649. The Hall–Kier alpha value is -1.86. The number of nitrogens with one attached hydrogen (secondary N) is 1. The van der Waals surface area contributed by atoms with E-state index in [4.69, 9.17) is 0 Å². The van der Waals surface area contributed by atoms with E-state index in [1.54, 1.807) is 0 Å². The lowest BCUT2D eigenvalue weighted by molar-refractivity contribution is 0.829. The van der Waals surface area contributed by atoms with Gasteiger partial charge in [0.15, 0.2) is 0 Å². The van der Waals surface area contributed by atoms with Gasteiger partial charge < -0.3 is 5.32 Å². The van der Waals surface area contributed by atoms with Crippen LogP contribution in [0.3, 0.4) is 0 Å². The minimum absolute atomic E-state index is 0.905. The van der Waals surface area contributed by atoms with Crippen molar-refractivity contribution < 1.29 is 0 Å². The fraction of sp³-hybridized carbons (Fsp3) is 0.222. The molecule has 3 aromatic rings. The van der Waals surface area contributed by atoms with Crippen LogP contribution in [0, 0.1) is 0 Å². The molecule has 0 aliphatic heterocycles. The molecule has 3 rings (SSSR count). The van der Waals surface area contributed by atoms with Crippen molar-refractivity contribution in [1.82, 2.24) is 5.32 Å². The van der Waals surface area contributed by atoms with Gasteiger partial charge in [0.25, 0.3) is 0 Å². The van der Waals surface area contributed by atoms with Crippen molar-refractivity contribution in [3.8, 4) is 0 Å². The summed E-state index contributed by atoms with van der Waals surface area (Å²) in [5.41, 5.74) is 1.39. The predicted molar refractivity (Wildman–Crippen MR) is 85.6 cm³/mol. The summed E-state index contributed by atoms with van der Waals surface area (Å²) in [6.45, 7) is 4.90. The number of fused-ring (bicyclic) bond motifs is 2. The summed E-state index contributed by atoms with van der Waals surface area (Å²) in [6, 6.07) is 19.4. The first-order chi connectivity index (χ1) is 9.40. The first-order valence-corrected chi connectivity index (χ1v) is 6.94. The monoisotopic (exact) mass is 251 g/mol. The third kappa shape index (κ3) is 2.61. The van der Waals surface area contributed by atoms with Crippen molar-refractivity contribution in [2.45, 2.75) is 20.4 Å². The number of rotatable bonds is 2. The fourth-order valence-electron chi connectivity index (χ4n) is 2.48. The molecule has 98 valence electrons. The van der Waals surface area contributed by atoms with Crippen LogP contribution in [0.4, 0.5) is 0 Å². The van der Waals surface area contributed by atoms with E-state index in [1.165, 1.54) is 27.1 Å². The highest BCUT2D eigenvalue weighted by Crippen LogP contribution is 2.28. The summed E-state index contributed by atoms with van der Waals surface area (Å²) in [5.74, 6) is 0. The average molecular weight is 251 g/mol. The summed E-state index contributed by atoms with van der Waals surface area (Å²) < 4.78 is 0. The summed E-state index contributed by atoms with van der Waals surface area (Å²) in [4.78, 5) is 0. The molecule has 0 saturated carbocycles. The molecule has 0 atom stereocenters. The molecular formula is C18H21N. The summed E-state index contributed by atoms with van der Waals surface area (Å²) >= 11 is 0. The third-order valence-corrected chi connectivity index (χ3v) is 3.24. The van der Waals surface area contributed by atoms with Gasteiger partial charge in [-0.15, -0.1) is 0 Å². The van der Waals surface area contributed by atoms with Gasteiger partial charge in [0, 0.05) is 6.54 Å². The Morgan fingerprint density at radius 3 is 1.74 bits per heavy atom. The molecule has 0 amide bonds. The van der Waals surface area contributed by atoms with E-state index in [9.17, 15) is 0 Å². The second-order valence-electron chi connectivity index (χ2n) is 4.33. The van der Waals surface area contributed by atoms with E-state index in [-0.39, 0.29) is 0 Å². The molecule has 0 radical (unpaired) electrons. The van der Waals surface area contributed by atoms with Crippen LogP contribution in [0.5, 0.6) is 0 Å². The lowest BCUT2D eigenvalue weighted by Crippen LogP contribution is -2.06. The lowest BCUT2D eigenvalue weighted by atomic mass is 9.97. The van der Waals surface area contributed by atoms with Crippen LogP contribution >= 0.6 is 0 Å². The van der Waals surface area contributed by atoms with Gasteiger partial charge in [0.2, 0.25) is 0 Å². The molecule has 0 fully saturated rings. The minimum Gasteiger partial charge on any atom is -0.316 e. The van der Waals surface area contributed by atoms with Crippen molar-refractivity contribution in [3.05, 3.63) is 60.2 Å². The third-order valence-electron chi connectivity index (χ3n) is 3.24. The topological polar surface area (TPSA) is 12.0 Å². The van der Waals surface area contributed by atoms with Crippen molar-refractivity contribution in [2.75, 3.05) is 7.05 Å². The highest BCUT2D eigenvalue weighted by Gasteiger charge is 2.05. The Morgan fingerprint density at radius 1 is 0.789 bits per heavy atom. The van der Waals surface area contributed by atoms with Gasteiger partial charge in [-0.25, -0.2) is 0 Å². The number of hydrogen-bond donors (Lipinski definition) is 1. The van der Waals surface area contributed by atoms with Crippen LogP contribution in [-0.4, -0.2) is 7.05 Å². The first-order valence-electron chi connectivity index (χ1n) is 6.94. The Bertz CT molecular complexity index is 617. The Balaban J connectivity index is 0.000000637. The number of hydrogen-bond acceptors (Lipinski definition) is 1. The van der Waals surface area contributed by atoms with Gasteiger partial charge in [-0.1, -0.05) is 62.4 Å². The molecular weight excluding hydrogens is 230 g/mol. The molecule has 0 bridgehead atoms. The first kappa shape index (κ1) is 13.6. The molecule has 19 heavy (non-hydrogen) atoms. The van der Waals surface area contributed by atoms with Crippen molar-refractivity contribution >= 4 is 21.5 Å². The molecule has 1 nitrogen and oxygen atoms in total. The van der Waals surface area contributed by atoms with E-state index < -0.39 is 0 Å². The molecule has 0 unspecified atom stereocenters. The summed E-state index contributed by atoms with van der Waals surface area (Å²) in [5, 5.41) is 8.60. The Kier molecular flexibility index (Phi) is 4.53. The molecule has 0 spiro atoms. The second-order valence-corrected chi connectivity index (χ2v) is 4.33. The molecule has 1 heteroatoms. The van der Waals surface area contributed by atoms with Gasteiger partial charge in [-0.3, -0.25) is 0 Å². The van der Waals surface area contributed by atoms with Gasteiger partial charge in [0.1, 0.15) is 0 Å². The molecule has 0 aliphatic carbocycles. The zero-order chi connectivity index (χ0) is 13.7. The second kappa shape index (κ2) is 6.35. The predicted octanol–water partition coefficient (Wildman–Crippen LogP) is 4.74. The molecule has 3 aromatic carbocycles. The van der Waals surface area contributed by atoms with Crippen LogP contribution in [0.1, 0.15) is 19.4 Å². The van der Waals surface area contributed by atoms with Crippen LogP contribution in [0.15, 0.2) is 54.6 Å². The number of benzene rings is 3. The molecule has 0 aliphatic rings. The Morgan fingerprint density at radius 2 is 1.26 bits per heavy atom. The standard InChI is InChI=1S/C16H15N.C2H6/c1-17-11-16-14-8-4-2-6-12(14)10-13-7-3-5-9-15(13)16;1-2/h2-10,17H,11H2,1H3;1-2H3. The van der Waals surface area contributed by atoms with E-state index in [0.29, 0.717) is 0 Å². The zero-order valence-electron chi connectivity index (χ0n) is 11.9. The van der Waals surface area contributed by atoms with Crippen molar-refractivity contribution in [1.29, 1.82) is 0 Å². The Labute approximate surface area is 115 Å². The maximum atomic E-state index is 3.27. The summed E-state index contributed by atoms with van der Waals surface area (Å²) in [6.07, 6.45) is 0.